The Hall–Kier alpha value is -3.62. The molecule has 0 aliphatic rings. The van der Waals surface area contributed by atoms with Crippen LogP contribution in [0.3, 0.4) is 0 Å². The lowest BCUT2D eigenvalue weighted by atomic mass is 10.0. The van der Waals surface area contributed by atoms with Crippen LogP contribution in [0.1, 0.15) is 25.3 Å². The zero-order valence-electron chi connectivity index (χ0n) is 16.3. The van der Waals surface area contributed by atoms with E-state index < -0.39 is 23.4 Å². The Bertz CT molecular complexity index is 896. The van der Waals surface area contributed by atoms with Gasteiger partial charge < -0.3 is 19.5 Å². The maximum atomic E-state index is 12.0. The standard InChI is InChI=1S/C20H22N2O7/c1-13(2)15-6-4-5-7-17(15)28-12-20(24)29-11-19(23)21-16-10-14(22(25)26)8-9-18(16)27-3/h4-10,13H,11-12H2,1-3H3,(H,21,23). The Morgan fingerprint density at radius 3 is 2.48 bits per heavy atom. The van der Waals surface area contributed by atoms with Crippen LogP contribution in [0.2, 0.25) is 0 Å². The molecular weight excluding hydrogens is 380 g/mol. The molecule has 0 radical (unpaired) electrons. The second-order valence-corrected chi connectivity index (χ2v) is 6.33. The highest BCUT2D eigenvalue weighted by Crippen LogP contribution is 2.29. The predicted molar refractivity (Wildman–Crippen MR) is 105 cm³/mol. The molecule has 2 rings (SSSR count). The van der Waals surface area contributed by atoms with Gasteiger partial charge in [0, 0.05) is 12.1 Å². The summed E-state index contributed by atoms with van der Waals surface area (Å²) >= 11 is 0. The third kappa shape index (κ3) is 6.20. The summed E-state index contributed by atoms with van der Waals surface area (Å²) in [4.78, 5) is 34.2. The number of amides is 1. The van der Waals surface area contributed by atoms with Gasteiger partial charge in [-0.1, -0.05) is 32.0 Å². The van der Waals surface area contributed by atoms with Crippen LogP contribution < -0.4 is 14.8 Å². The maximum absolute atomic E-state index is 12.0. The Kier molecular flexibility index (Phi) is 7.53. The molecule has 1 amide bonds. The van der Waals surface area contributed by atoms with Crippen LogP contribution in [0.4, 0.5) is 11.4 Å². The molecule has 0 spiro atoms. The van der Waals surface area contributed by atoms with E-state index in [1.54, 1.807) is 12.1 Å². The van der Waals surface area contributed by atoms with Crippen molar-refractivity contribution in [1.82, 2.24) is 0 Å². The summed E-state index contributed by atoms with van der Waals surface area (Å²) in [5, 5.41) is 13.3. The lowest BCUT2D eigenvalue weighted by Gasteiger charge is -2.13. The largest absolute Gasteiger partial charge is 0.495 e. The van der Waals surface area contributed by atoms with Crippen molar-refractivity contribution in [3.05, 3.63) is 58.1 Å². The lowest BCUT2D eigenvalue weighted by Crippen LogP contribution is -2.24. The fourth-order valence-electron chi connectivity index (χ4n) is 2.51. The van der Waals surface area contributed by atoms with Gasteiger partial charge in [0.05, 0.1) is 17.7 Å². The zero-order chi connectivity index (χ0) is 21.4. The molecular formula is C20H22N2O7. The first kappa shape index (κ1) is 21.7. The number of nitro benzene ring substituents is 1. The van der Waals surface area contributed by atoms with E-state index >= 15 is 0 Å². The van der Waals surface area contributed by atoms with E-state index in [0.717, 1.165) is 11.6 Å². The molecule has 0 fully saturated rings. The van der Waals surface area contributed by atoms with Crippen molar-refractivity contribution >= 4 is 23.3 Å². The molecule has 0 aliphatic carbocycles. The highest BCUT2D eigenvalue weighted by atomic mass is 16.6. The van der Waals surface area contributed by atoms with Gasteiger partial charge >= 0.3 is 5.97 Å². The number of hydrogen-bond donors (Lipinski definition) is 1. The van der Waals surface area contributed by atoms with Gasteiger partial charge in [0.25, 0.3) is 11.6 Å². The van der Waals surface area contributed by atoms with Crippen molar-refractivity contribution in [2.45, 2.75) is 19.8 Å². The summed E-state index contributed by atoms with van der Waals surface area (Å²) in [5.41, 5.74) is 0.844. The van der Waals surface area contributed by atoms with E-state index in [-0.39, 0.29) is 29.6 Å². The molecule has 0 aromatic heterocycles. The van der Waals surface area contributed by atoms with E-state index in [9.17, 15) is 19.7 Å². The number of non-ortho nitro benzene ring substituents is 1. The maximum Gasteiger partial charge on any atom is 0.344 e. The summed E-state index contributed by atoms with van der Waals surface area (Å²) in [6.45, 7) is 3.09. The van der Waals surface area contributed by atoms with Gasteiger partial charge in [-0.2, -0.15) is 0 Å². The normalized spacial score (nSPS) is 10.3. The SMILES string of the molecule is COc1ccc([N+](=O)[O-])cc1NC(=O)COC(=O)COc1ccccc1C(C)C. The second kappa shape index (κ2) is 10.1. The molecule has 29 heavy (non-hydrogen) atoms. The zero-order valence-corrected chi connectivity index (χ0v) is 16.3. The summed E-state index contributed by atoms with van der Waals surface area (Å²) in [6, 6.07) is 11.1. The predicted octanol–water partition coefficient (Wildman–Crippen LogP) is 3.29. The number of carbonyl (C=O) groups is 2. The molecule has 154 valence electrons. The third-order valence-corrected chi connectivity index (χ3v) is 3.92. The van der Waals surface area contributed by atoms with Gasteiger partial charge in [0.2, 0.25) is 0 Å². The van der Waals surface area contributed by atoms with E-state index in [1.807, 2.05) is 26.0 Å². The van der Waals surface area contributed by atoms with Gasteiger partial charge in [-0.15, -0.1) is 0 Å². The summed E-state index contributed by atoms with van der Waals surface area (Å²) in [6.07, 6.45) is 0. The van der Waals surface area contributed by atoms with Crippen LogP contribution in [0.25, 0.3) is 0 Å². The van der Waals surface area contributed by atoms with Crippen LogP contribution >= 0.6 is 0 Å². The molecule has 0 heterocycles. The molecule has 1 N–H and O–H groups in total. The van der Waals surface area contributed by atoms with Crippen molar-refractivity contribution in [2.24, 2.45) is 0 Å². The average molecular weight is 402 g/mol. The van der Waals surface area contributed by atoms with Gasteiger partial charge in [-0.05, 0) is 23.6 Å². The lowest BCUT2D eigenvalue weighted by molar-refractivity contribution is -0.384. The molecule has 0 atom stereocenters. The number of nitro groups is 1. The monoisotopic (exact) mass is 402 g/mol. The number of nitrogens with one attached hydrogen (secondary N) is 1. The van der Waals surface area contributed by atoms with Gasteiger partial charge in [-0.25, -0.2) is 4.79 Å². The Morgan fingerprint density at radius 2 is 1.83 bits per heavy atom. The quantitative estimate of drug-likeness (QED) is 0.388. The number of ether oxygens (including phenoxy) is 3. The topological polar surface area (TPSA) is 117 Å². The summed E-state index contributed by atoms with van der Waals surface area (Å²) in [7, 11) is 1.36. The summed E-state index contributed by atoms with van der Waals surface area (Å²) < 4.78 is 15.4. The second-order valence-electron chi connectivity index (χ2n) is 6.33. The van der Waals surface area contributed by atoms with E-state index in [0.29, 0.717) is 5.75 Å². The van der Waals surface area contributed by atoms with Crippen molar-refractivity contribution in [3.63, 3.8) is 0 Å². The van der Waals surface area contributed by atoms with Crippen molar-refractivity contribution in [1.29, 1.82) is 0 Å². The van der Waals surface area contributed by atoms with E-state index in [4.69, 9.17) is 14.2 Å². The van der Waals surface area contributed by atoms with Crippen LogP contribution in [0.15, 0.2) is 42.5 Å². The number of esters is 1. The van der Waals surface area contributed by atoms with Crippen LogP contribution in [0, 0.1) is 10.1 Å². The van der Waals surface area contributed by atoms with Crippen LogP contribution in [0.5, 0.6) is 11.5 Å². The number of anilines is 1. The Labute approximate surface area is 167 Å². The average Bonchev–Trinajstić information content (AvgIpc) is 2.70. The molecule has 2 aromatic rings. The first-order chi connectivity index (χ1) is 13.8. The van der Waals surface area contributed by atoms with Crippen LogP contribution in [-0.2, 0) is 14.3 Å². The molecule has 0 aliphatic heterocycles. The number of methoxy groups -OCH3 is 1. The smallest absolute Gasteiger partial charge is 0.344 e. The van der Waals surface area contributed by atoms with Gasteiger partial charge in [0.15, 0.2) is 13.2 Å². The van der Waals surface area contributed by atoms with Gasteiger partial charge in [-0.3, -0.25) is 14.9 Å². The molecule has 9 nitrogen and oxygen atoms in total. The molecule has 2 aromatic carbocycles. The Balaban J connectivity index is 1.89. The highest BCUT2D eigenvalue weighted by molar-refractivity contribution is 5.94. The number of benzene rings is 2. The minimum absolute atomic E-state index is 0.102. The van der Waals surface area contributed by atoms with Gasteiger partial charge in [0.1, 0.15) is 11.5 Å². The fourth-order valence-corrected chi connectivity index (χ4v) is 2.51. The summed E-state index contributed by atoms with van der Waals surface area (Å²) in [5.74, 6) is -0.350. The molecule has 0 bridgehead atoms. The molecule has 0 saturated heterocycles. The number of hydrogen-bond acceptors (Lipinski definition) is 7. The first-order valence-corrected chi connectivity index (χ1v) is 8.81. The minimum atomic E-state index is -0.718. The molecule has 0 saturated carbocycles. The number of nitrogens with zero attached hydrogens (tertiary/aromatic N) is 1. The van der Waals surface area contributed by atoms with Crippen molar-refractivity contribution in [3.8, 4) is 11.5 Å². The van der Waals surface area contributed by atoms with Crippen molar-refractivity contribution < 1.29 is 28.7 Å². The third-order valence-electron chi connectivity index (χ3n) is 3.92. The van der Waals surface area contributed by atoms with E-state index in [2.05, 4.69) is 5.32 Å². The fraction of sp³-hybridized carbons (Fsp3) is 0.300. The number of rotatable bonds is 9. The number of para-hydroxylation sites is 1. The van der Waals surface area contributed by atoms with E-state index in [1.165, 1.54) is 19.2 Å². The minimum Gasteiger partial charge on any atom is -0.495 e. The first-order valence-electron chi connectivity index (χ1n) is 8.81. The number of carbonyl (C=O) groups excluding carboxylic acids is 2. The van der Waals surface area contributed by atoms with Crippen LogP contribution in [-0.4, -0.2) is 37.1 Å². The molecule has 9 heteroatoms. The van der Waals surface area contributed by atoms with Crippen molar-refractivity contribution in [2.75, 3.05) is 25.6 Å². The molecule has 0 unspecified atom stereocenters. The highest BCUT2D eigenvalue weighted by Gasteiger charge is 2.15. The Morgan fingerprint density at radius 1 is 1.10 bits per heavy atom.